The zero-order valence-electron chi connectivity index (χ0n) is 9.87. The van der Waals surface area contributed by atoms with Gasteiger partial charge in [-0.15, -0.1) is 0 Å². The minimum atomic E-state index is 0.337. The Morgan fingerprint density at radius 1 is 1.33 bits per heavy atom. The van der Waals surface area contributed by atoms with Crippen LogP contribution in [0.2, 0.25) is 0 Å². The van der Waals surface area contributed by atoms with Crippen LogP contribution in [-0.2, 0) is 0 Å². The fourth-order valence-corrected chi connectivity index (χ4v) is 1.11. The van der Waals surface area contributed by atoms with E-state index in [1.807, 2.05) is 0 Å². The molecule has 15 heavy (non-hydrogen) atoms. The van der Waals surface area contributed by atoms with Gasteiger partial charge in [-0.05, 0) is 11.8 Å². The summed E-state index contributed by atoms with van der Waals surface area (Å²) in [6.45, 7) is 7.56. The summed E-state index contributed by atoms with van der Waals surface area (Å²) >= 11 is 0. The van der Waals surface area contributed by atoms with Crippen LogP contribution >= 0.6 is 0 Å². The van der Waals surface area contributed by atoms with Gasteiger partial charge in [0, 0.05) is 12.6 Å². The highest BCUT2D eigenvalue weighted by molar-refractivity contribution is 5.36. The number of methoxy groups -OCH3 is 1. The highest BCUT2D eigenvalue weighted by Gasteiger charge is 2.09. The Kier molecular flexibility index (Phi) is 3.88. The molecule has 1 aromatic rings. The minimum absolute atomic E-state index is 0.337. The number of nitrogens with one attached hydrogen (secondary N) is 1. The van der Waals surface area contributed by atoms with Gasteiger partial charge in [0.15, 0.2) is 0 Å². The number of ether oxygens (including phenoxy) is 1. The second-order valence-corrected chi connectivity index (χ2v) is 4.68. The quantitative estimate of drug-likeness (QED) is 0.826. The highest BCUT2D eigenvalue weighted by Crippen LogP contribution is 2.18. The molecule has 84 valence electrons. The van der Waals surface area contributed by atoms with Gasteiger partial charge >= 0.3 is 0 Å². The molecule has 0 amide bonds. The van der Waals surface area contributed by atoms with E-state index in [9.17, 15) is 0 Å². The predicted molar refractivity (Wildman–Crippen MR) is 61.1 cm³/mol. The van der Waals surface area contributed by atoms with Crippen molar-refractivity contribution in [1.82, 2.24) is 9.97 Å². The van der Waals surface area contributed by atoms with Gasteiger partial charge in [-0.3, -0.25) is 0 Å². The number of nitrogens with zero attached hydrogens (tertiary/aromatic N) is 2. The lowest BCUT2D eigenvalue weighted by Gasteiger charge is -2.18. The van der Waals surface area contributed by atoms with Gasteiger partial charge < -0.3 is 10.1 Å². The number of rotatable bonds is 4. The number of aromatic nitrogens is 2. The molecule has 4 heteroatoms. The SMILES string of the molecule is COc1cc(NCCC(C)(C)C)ncn1. The van der Waals surface area contributed by atoms with Crippen molar-refractivity contribution in [3.63, 3.8) is 0 Å². The Morgan fingerprint density at radius 2 is 2.07 bits per heavy atom. The molecule has 0 aliphatic heterocycles. The number of hydrogen-bond acceptors (Lipinski definition) is 4. The van der Waals surface area contributed by atoms with Crippen molar-refractivity contribution >= 4 is 5.82 Å². The van der Waals surface area contributed by atoms with Gasteiger partial charge in [-0.1, -0.05) is 20.8 Å². The molecule has 0 spiro atoms. The van der Waals surface area contributed by atoms with Crippen molar-refractivity contribution < 1.29 is 4.74 Å². The van der Waals surface area contributed by atoms with Crippen LogP contribution in [0.15, 0.2) is 12.4 Å². The van der Waals surface area contributed by atoms with E-state index in [0.717, 1.165) is 18.8 Å². The average Bonchev–Trinajstić information content (AvgIpc) is 2.16. The fraction of sp³-hybridized carbons (Fsp3) is 0.636. The molecule has 0 aromatic carbocycles. The molecule has 1 rings (SSSR count). The zero-order valence-corrected chi connectivity index (χ0v) is 9.87. The van der Waals surface area contributed by atoms with Crippen molar-refractivity contribution in [2.24, 2.45) is 5.41 Å². The van der Waals surface area contributed by atoms with E-state index in [1.54, 1.807) is 13.2 Å². The highest BCUT2D eigenvalue weighted by atomic mass is 16.5. The predicted octanol–water partition coefficient (Wildman–Crippen LogP) is 2.33. The number of hydrogen-bond donors (Lipinski definition) is 1. The third kappa shape index (κ3) is 4.63. The summed E-state index contributed by atoms with van der Waals surface area (Å²) in [6, 6.07) is 1.79. The van der Waals surface area contributed by atoms with Crippen LogP contribution in [0.25, 0.3) is 0 Å². The van der Waals surface area contributed by atoms with Crippen LogP contribution in [0, 0.1) is 5.41 Å². The van der Waals surface area contributed by atoms with Crippen LogP contribution < -0.4 is 10.1 Å². The van der Waals surface area contributed by atoms with Crippen molar-refractivity contribution in [1.29, 1.82) is 0 Å². The standard InChI is InChI=1S/C11H19N3O/c1-11(2,3)5-6-12-9-7-10(15-4)14-8-13-9/h7-8H,5-6H2,1-4H3,(H,12,13,14). The van der Waals surface area contributed by atoms with Crippen LogP contribution in [-0.4, -0.2) is 23.6 Å². The lowest BCUT2D eigenvalue weighted by Crippen LogP contribution is -2.13. The Bertz CT molecular complexity index is 307. The maximum atomic E-state index is 5.01. The van der Waals surface area contributed by atoms with Crippen molar-refractivity contribution in [3.8, 4) is 5.88 Å². The zero-order chi connectivity index (χ0) is 11.3. The normalized spacial score (nSPS) is 11.2. The molecular weight excluding hydrogens is 190 g/mol. The van der Waals surface area contributed by atoms with Gasteiger partial charge in [-0.2, -0.15) is 0 Å². The fourth-order valence-electron chi connectivity index (χ4n) is 1.11. The second kappa shape index (κ2) is 4.96. The smallest absolute Gasteiger partial charge is 0.218 e. The topological polar surface area (TPSA) is 47.0 Å². The van der Waals surface area contributed by atoms with Gasteiger partial charge in [0.25, 0.3) is 0 Å². The molecule has 4 nitrogen and oxygen atoms in total. The van der Waals surface area contributed by atoms with Gasteiger partial charge in [0.05, 0.1) is 7.11 Å². The van der Waals surface area contributed by atoms with Gasteiger partial charge in [0.2, 0.25) is 5.88 Å². The molecule has 0 saturated carbocycles. The van der Waals surface area contributed by atoms with Crippen molar-refractivity contribution in [2.75, 3.05) is 19.0 Å². The Hall–Kier alpha value is -1.32. The van der Waals surface area contributed by atoms with Crippen LogP contribution in [0.1, 0.15) is 27.2 Å². The first kappa shape index (κ1) is 11.8. The Labute approximate surface area is 91.1 Å². The summed E-state index contributed by atoms with van der Waals surface area (Å²) in [5.74, 6) is 1.40. The summed E-state index contributed by atoms with van der Waals surface area (Å²) < 4.78 is 5.01. The first-order chi connectivity index (χ1) is 7.01. The summed E-state index contributed by atoms with van der Waals surface area (Å²) in [6.07, 6.45) is 2.59. The third-order valence-electron chi connectivity index (χ3n) is 2.03. The minimum Gasteiger partial charge on any atom is -0.481 e. The molecule has 0 fully saturated rings. The molecule has 0 atom stereocenters. The third-order valence-corrected chi connectivity index (χ3v) is 2.03. The number of anilines is 1. The van der Waals surface area contributed by atoms with Crippen molar-refractivity contribution in [3.05, 3.63) is 12.4 Å². The van der Waals surface area contributed by atoms with E-state index in [0.29, 0.717) is 11.3 Å². The lowest BCUT2D eigenvalue weighted by atomic mass is 9.92. The first-order valence-corrected chi connectivity index (χ1v) is 5.11. The summed E-state index contributed by atoms with van der Waals surface area (Å²) in [5.41, 5.74) is 0.337. The van der Waals surface area contributed by atoms with Crippen LogP contribution in [0.5, 0.6) is 5.88 Å². The molecule has 1 aromatic heterocycles. The summed E-state index contributed by atoms with van der Waals surface area (Å²) in [5, 5.41) is 3.24. The van der Waals surface area contributed by atoms with E-state index in [1.165, 1.54) is 6.33 Å². The molecule has 0 saturated heterocycles. The monoisotopic (exact) mass is 209 g/mol. The van der Waals surface area contributed by atoms with Gasteiger partial charge in [-0.25, -0.2) is 9.97 Å². The Morgan fingerprint density at radius 3 is 2.67 bits per heavy atom. The van der Waals surface area contributed by atoms with E-state index >= 15 is 0 Å². The van der Waals surface area contributed by atoms with E-state index in [-0.39, 0.29) is 0 Å². The largest absolute Gasteiger partial charge is 0.481 e. The summed E-state index contributed by atoms with van der Waals surface area (Å²) in [7, 11) is 1.60. The molecule has 0 radical (unpaired) electrons. The molecule has 0 unspecified atom stereocenters. The molecule has 1 heterocycles. The van der Waals surface area contributed by atoms with E-state index < -0.39 is 0 Å². The van der Waals surface area contributed by atoms with E-state index in [4.69, 9.17) is 4.74 Å². The van der Waals surface area contributed by atoms with Crippen LogP contribution in [0.3, 0.4) is 0 Å². The lowest BCUT2D eigenvalue weighted by molar-refractivity contribution is 0.389. The van der Waals surface area contributed by atoms with E-state index in [2.05, 4.69) is 36.1 Å². The average molecular weight is 209 g/mol. The van der Waals surface area contributed by atoms with Crippen molar-refractivity contribution in [2.45, 2.75) is 27.2 Å². The molecular formula is C11H19N3O. The molecule has 0 bridgehead atoms. The molecule has 0 aliphatic rings. The molecule has 1 N–H and O–H groups in total. The first-order valence-electron chi connectivity index (χ1n) is 5.11. The maximum absolute atomic E-state index is 5.01. The second-order valence-electron chi connectivity index (χ2n) is 4.68. The molecule has 0 aliphatic carbocycles. The Balaban J connectivity index is 2.44. The van der Waals surface area contributed by atoms with Crippen LogP contribution in [0.4, 0.5) is 5.82 Å². The maximum Gasteiger partial charge on any atom is 0.218 e. The van der Waals surface area contributed by atoms with Gasteiger partial charge in [0.1, 0.15) is 12.1 Å². The summed E-state index contributed by atoms with van der Waals surface area (Å²) in [4.78, 5) is 8.05.